The highest BCUT2D eigenvalue weighted by molar-refractivity contribution is 5.90. The number of fused-ring (bicyclic) bond motifs is 1. The van der Waals surface area contributed by atoms with Crippen molar-refractivity contribution in [3.63, 3.8) is 0 Å². The number of nitrogens with one attached hydrogen (secondary N) is 2. The van der Waals surface area contributed by atoms with Gasteiger partial charge >= 0.3 is 12.1 Å². The van der Waals surface area contributed by atoms with Crippen molar-refractivity contribution in [1.82, 2.24) is 15.1 Å². The highest BCUT2D eigenvalue weighted by Crippen LogP contribution is 2.30. The molecular weight excluding hydrogens is 612 g/mol. The number of hydrogen-bond donors (Lipinski definition) is 2. The molecule has 1 saturated carbocycles. The van der Waals surface area contributed by atoms with Crippen LogP contribution in [0.4, 0.5) is 15.3 Å². The molecule has 0 bridgehead atoms. The molecule has 4 amide bonds. The van der Waals surface area contributed by atoms with E-state index in [9.17, 15) is 14.4 Å². The Hall–Kier alpha value is -3.99. The molecule has 264 valence electrons. The Morgan fingerprint density at radius 1 is 1.08 bits per heavy atom. The summed E-state index contributed by atoms with van der Waals surface area (Å²) in [5, 5.41) is 6.03. The zero-order valence-corrected chi connectivity index (χ0v) is 29.7. The van der Waals surface area contributed by atoms with E-state index in [0.29, 0.717) is 36.8 Å². The van der Waals surface area contributed by atoms with Gasteiger partial charge in [-0.05, 0) is 76.4 Å². The van der Waals surface area contributed by atoms with E-state index < -0.39 is 17.8 Å². The first-order valence-electron chi connectivity index (χ1n) is 17.1. The Kier molecular flexibility index (Phi) is 13.0. The van der Waals surface area contributed by atoms with Gasteiger partial charge in [-0.3, -0.25) is 4.79 Å². The molecule has 2 N–H and O–H groups in total. The Morgan fingerprint density at radius 2 is 1.79 bits per heavy atom. The minimum absolute atomic E-state index is 0.0720. The number of nitrogens with zero attached hydrogens (tertiary/aromatic N) is 2. The molecule has 1 fully saturated rings. The van der Waals surface area contributed by atoms with Crippen LogP contribution in [-0.2, 0) is 27.3 Å². The van der Waals surface area contributed by atoms with Crippen molar-refractivity contribution in [3.05, 3.63) is 53.6 Å². The van der Waals surface area contributed by atoms with Gasteiger partial charge in [0, 0.05) is 36.8 Å². The van der Waals surface area contributed by atoms with Gasteiger partial charge in [0.2, 0.25) is 5.91 Å². The van der Waals surface area contributed by atoms with E-state index in [1.54, 1.807) is 32.4 Å². The standard InChI is InChI=1S/C37H54N4O7/c1-25-21-41(26(2)23-46-24-27-13-16-31(45-7)17-14-27)34(42)20-28-19-30(39-35(43)38-29-11-9-8-10-12-29)15-18-32(28)47-33(25)22-40(6)36(44)48-37(3,4)5/h13-19,25-26,29,33H,8-12,20-24H2,1-7H3,(H2,38,39,43)/t25-,26+,33+/m1/s1. The number of benzene rings is 2. The van der Waals surface area contributed by atoms with Gasteiger partial charge in [-0.1, -0.05) is 38.3 Å². The second kappa shape index (κ2) is 16.9. The maximum atomic E-state index is 14.0. The van der Waals surface area contributed by atoms with Crippen molar-refractivity contribution in [2.75, 3.05) is 39.2 Å². The second-order valence-electron chi connectivity index (χ2n) is 14.2. The summed E-state index contributed by atoms with van der Waals surface area (Å²) in [6.07, 6.45) is 4.59. The molecule has 1 heterocycles. The minimum atomic E-state index is -0.639. The van der Waals surface area contributed by atoms with Crippen LogP contribution in [0.3, 0.4) is 0 Å². The maximum absolute atomic E-state index is 14.0. The molecule has 4 rings (SSSR count). The summed E-state index contributed by atoms with van der Waals surface area (Å²) in [7, 11) is 3.32. The molecule has 3 atom stereocenters. The third kappa shape index (κ3) is 11.0. The number of urea groups is 1. The highest BCUT2D eigenvalue weighted by atomic mass is 16.6. The summed E-state index contributed by atoms with van der Waals surface area (Å²) in [6.45, 7) is 10.9. The molecule has 0 spiro atoms. The molecule has 0 radical (unpaired) electrons. The molecule has 2 aromatic rings. The van der Waals surface area contributed by atoms with Crippen molar-refractivity contribution < 1.29 is 33.3 Å². The van der Waals surface area contributed by atoms with E-state index in [-0.39, 0.29) is 42.9 Å². The number of hydrogen-bond acceptors (Lipinski definition) is 7. The Morgan fingerprint density at radius 3 is 2.46 bits per heavy atom. The van der Waals surface area contributed by atoms with Crippen molar-refractivity contribution in [2.24, 2.45) is 5.92 Å². The number of rotatable bonds is 10. The van der Waals surface area contributed by atoms with Gasteiger partial charge in [0.15, 0.2) is 0 Å². The first-order chi connectivity index (χ1) is 22.8. The van der Waals surface area contributed by atoms with Gasteiger partial charge in [0.05, 0.1) is 39.3 Å². The molecule has 1 aliphatic heterocycles. The van der Waals surface area contributed by atoms with E-state index in [1.165, 1.54) is 11.3 Å². The van der Waals surface area contributed by atoms with Crippen molar-refractivity contribution >= 4 is 23.7 Å². The fraction of sp³-hybridized carbons (Fsp3) is 0.595. The van der Waals surface area contributed by atoms with Gasteiger partial charge < -0.3 is 39.4 Å². The first kappa shape index (κ1) is 36.8. The minimum Gasteiger partial charge on any atom is -0.497 e. The first-order valence-corrected chi connectivity index (χ1v) is 17.1. The quantitative estimate of drug-likeness (QED) is 0.302. The second-order valence-corrected chi connectivity index (χ2v) is 14.2. The molecule has 0 aromatic heterocycles. The third-order valence-electron chi connectivity index (χ3n) is 8.80. The van der Waals surface area contributed by atoms with Crippen LogP contribution in [0, 0.1) is 5.92 Å². The lowest BCUT2D eigenvalue weighted by molar-refractivity contribution is -0.135. The van der Waals surface area contributed by atoms with Gasteiger partial charge in [0.25, 0.3) is 0 Å². The summed E-state index contributed by atoms with van der Waals surface area (Å²) in [6, 6.07) is 12.8. The van der Waals surface area contributed by atoms with Gasteiger partial charge in [-0.2, -0.15) is 0 Å². The van der Waals surface area contributed by atoms with E-state index in [1.807, 2.05) is 63.8 Å². The van der Waals surface area contributed by atoms with Gasteiger partial charge in [-0.25, -0.2) is 9.59 Å². The zero-order chi connectivity index (χ0) is 34.8. The van der Waals surface area contributed by atoms with Crippen LogP contribution >= 0.6 is 0 Å². The van der Waals surface area contributed by atoms with Gasteiger partial charge in [-0.15, -0.1) is 0 Å². The fourth-order valence-electron chi connectivity index (χ4n) is 6.07. The Labute approximate surface area is 285 Å². The molecule has 0 saturated heterocycles. The molecule has 0 unspecified atom stereocenters. The maximum Gasteiger partial charge on any atom is 0.410 e. The van der Waals surface area contributed by atoms with Crippen molar-refractivity contribution in [3.8, 4) is 11.5 Å². The number of ether oxygens (including phenoxy) is 4. The van der Waals surface area contributed by atoms with E-state index in [2.05, 4.69) is 10.6 Å². The average molecular weight is 667 g/mol. The van der Waals surface area contributed by atoms with Crippen LogP contribution in [0.2, 0.25) is 0 Å². The normalized spacial score (nSPS) is 19.5. The summed E-state index contributed by atoms with van der Waals surface area (Å²) in [5.74, 6) is 1.10. The number of amides is 4. The Bertz CT molecular complexity index is 1370. The fourth-order valence-corrected chi connectivity index (χ4v) is 6.07. The largest absolute Gasteiger partial charge is 0.497 e. The molecular formula is C37H54N4O7. The summed E-state index contributed by atoms with van der Waals surface area (Å²) < 4.78 is 23.5. The van der Waals surface area contributed by atoms with Crippen LogP contribution in [0.5, 0.6) is 11.5 Å². The Balaban J connectivity index is 1.52. The predicted molar refractivity (Wildman–Crippen MR) is 185 cm³/mol. The van der Waals surface area contributed by atoms with E-state index in [0.717, 1.165) is 37.0 Å². The smallest absolute Gasteiger partial charge is 0.410 e. The summed E-state index contributed by atoms with van der Waals surface area (Å²) in [4.78, 5) is 43.1. The molecule has 11 heteroatoms. The van der Waals surface area contributed by atoms with Crippen LogP contribution in [-0.4, -0.2) is 85.5 Å². The lowest BCUT2D eigenvalue weighted by Crippen LogP contribution is -2.48. The number of carbonyl (C=O) groups excluding carboxylic acids is 3. The number of likely N-dealkylation sites (N-methyl/N-ethyl adjacent to an activating group) is 1. The lowest BCUT2D eigenvalue weighted by atomic mass is 9.96. The number of anilines is 1. The molecule has 48 heavy (non-hydrogen) atoms. The van der Waals surface area contributed by atoms with Gasteiger partial charge in [0.1, 0.15) is 23.2 Å². The van der Waals surface area contributed by atoms with E-state index >= 15 is 0 Å². The molecule has 1 aliphatic carbocycles. The molecule has 11 nitrogen and oxygen atoms in total. The van der Waals surface area contributed by atoms with Crippen molar-refractivity contribution in [2.45, 2.75) is 104 Å². The average Bonchev–Trinajstić information content (AvgIpc) is 3.08. The van der Waals surface area contributed by atoms with Crippen LogP contribution in [0.1, 0.15) is 77.8 Å². The lowest BCUT2D eigenvalue weighted by Gasteiger charge is -2.34. The number of methoxy groups -OCH3 is 1. The molecule has 2 aliphatic rings. The van der Waals surface area contributed by atoms with E-state index in [4.69, 9.17) is 18.9 Å². The summed E-state index contributed by atoms with van der Waals surface area (Å²) >= 11 is 0. The topological polar surface area (TPSA) is 119 Å². The van der Waals surface area contributed by atoms with Crippen LogP contribution < -0.4 is 20.1 Å². The molecule has 2 aromatic carbocycles. The van der Waals surface area contributed by atoms with Crippen molar-refractivity contribution in [1.29, 1.82) is 0 Å². The van der Waals surface area contributed by atoms with Crippen LogP contribution in [0.15, 0.2) is 42.5 Å². The number of carbonyl (C=O) groups is 3. The summed E-state index contributed by atoms with van der Waals surface area (Å²) in [5.41, 5.74) is 1.61. The highest BCUT2D eigenvalue weighted by Gasteiger charge is 2.33. The third-order valence-corrected chi connectivity index (χ3v) is 8.80. The zero-order valence-electron chi connectivity index (χ0n) is 29.7. The SMILES string of the molecule is COc1ccc(COC[C@H](C)N2C[C@@H](C)[C@H](CN(C)C(=O)OC(C)(C)C)Oc3ccc(NC(=O)NC4CCCCC4)cc3CC2=O)cc1. The van der Waals surface area contributed by atoms with Crippen LogP contribution in [0.25, 0.3) is 0 Å². The predicted octanol–water partition coefficient (Wildman–Crippen LogP) is 6.39. The monoisotopic (exact) mass is 666 g/mol.